The molecular formula is C29H34F3N5O4. The number of hydrogen-bond donors (Lipinski definition) is 4. The predicted molar refractivity (Wildman–Crippen MR) is 151 cm³/mol. The summed E-state index contributed by atoms with van der Waals surface area (Å²) in [5.74, 6) is -2.60. The summed E-state index contributed by atoms with van der Waals surface area (Å²) in [7, 11) is 0. The van der Waals surface area contributed by atoms with Gasteiger partial charge in [-0.2, -0.15) is 13.2 Å². The molecule has 0 fully saturated rings. The summed E-state index contributed by atoms with van der Waals surface area (Å²) < 4.78 is 31.7. The molecule has 0 atom stereocenters. The van der Waals surface area contributed by atoms with Crippen molar-refractivity contribution in [1.82, 2.24) is 10.2 Å². The molecule has 0 spiro atoms. The highest BCUT2D eigenvalue weighted by Crippen LogP contribution is 2.29. The standard InChI is InChI=1S/C27H33N5O2.C2HF3O2/c1-3-11-32(12-4-2)27(34)21-13-19-5-6-20(15-24(19)31-25(28)16-21)26(33)30-23-8-7-18-9-10-29-17-22(18)14-23;3-2(4,5)1(6)7/h5-8,13-15,29H,3-4,9-12,16-17H2,1-2H3,(H2,28,31)(H,30,33);(H,6,7). The van der Waals surface area contributed by atoms with Crippen LogP contribution in [0.15, 0.2) is 47.0 Å². The molecule has 2 aliphatic rings. The van der Waals surface area contributed by atoms with Gasteiger partial charge in [0.05, 0.1) is 5.69 Å². The molecule has 0 aromatic heterocycles. The normalized spacial score (nSPS) is 14.2. The second kappa shape index (κ2) is 13.9. The number of carboxylic acid groups (broad SMARTS) is 1. The van der Waals surface area contributed by atoms with Crippen LogP contribution in [0.2, 0.25) is 0 Å². The van der Waals surface area contributed by atoms with Crippen LogP contribution in [-0.2, 0) is 22.6 Å². The summed E-state index contributed by atoms with van der Waals surface area (Å²) in [6, 6.07) is 11.4. The van der Waals surface area contributed by atoms with Gasteiger partial charge in [-0.15, -0.1) is 0 Å². The van der Waals surface area contributed by atoms with E-state index in [2.05, 4.69) is 35.5 Å². The first kappa shape index (κ1) is 31.3. The molecule has 0 saturated carbocycles. The van der Waals surface area contributed by atoms with Crippen molar-refractivity contribution in [2.24, 2.45) is 10.7 Å². The number of carboxylic acids is 1. The van der Waals surface area contributed by atoms with Crippen LogP contribution in [0.1, 0.15) is 60.2 Å². The Balaban J connectivity index is 0.000000587. The molecule has 0 saturated heterocycles. The number of amidine groups is 1. The van der Waals surface area contributed by atoms with Gasteiger partial charge in [-0.05, 0) is 67.3 Å². The van der Waals surface area contributed by atoms with Crippen molar-refractivity contribution in [2.75, 3.05) is 25.0 Å². The Morgan fingerprint density at radius 2 is 1.76 bits per heavy atom. The number of fused-ring (bicyclic) bond motifs is 2. The van der Waals surface area contributed by atoms with Crippen molar-refractivity contribution in [3.05, 3.63) is 64.2 Å². The molecule has 2 aromatic carbocycles. The van der Waals surface area contributed by atoms with E-state index in [1.807, 2.05) is 29.2 Å². The maximum absolute atomic E-state index is 13.1. The number of rotatable bonds is 7. The largest absolute Gasteiger partial charge is 0.490 e. The smallest absolute Gasteiger partial charge is 0.475 e. The van der Waals surface area contributed by atoms with Gasteiger partial charge in [0, 0.05) is 48.4 Å². The lowest BCUT2D eigenvalue weighted by molar-refractivity contribution is -0.192. The van der Waals surface area contributed by atoms with Gasteiger partial charge in [-0.25, -0.2) is 9.79 Å². The van der Waals surface area contributed by atoms with Crippen LogP contribution in [0.5, 0.6) is 0 Å². The summed E-state index contributed by atoms with van der Waals surface area (Å²) in [6.45, 7) is 7.35. The van der Waals surface area contributed by atoms with Gasteiger partial charge in [0.15, 0.2) is 0 Å². The molecular weight excluding hydrogens is 539 g/mol. The highest BCUT2D eigenvalue weighted by atomic mass is 19.4. The van der Waals surface area contributed by atoms with Crippen LogP contribution in [0.4, 0.5) is 24.5 Å². The Labute approximate surface area is 236 Å². The topological polar surface area (TPSA) is 137 Å². The Hall–Kier alpha value is -4.19. The minimum absolute atomic E-state index is 0.00146. The first-order valence-electron chi connectivity index (χ1n) is 13.3. The summed E-state index contributed by atoms with van der Waals surface area (Å²) in [4.78, 5) is 41.4. The summed E-state index contributed by atoms with van der Waals surface area (Å²) in [5, 5.41) is 13.5. The number of hydrogen-bond acceptors (Lipinski definition) is 6. The first-order chi connectivity index (χ1) is 19.4. The van der Waals surface area contributed by atoms with Crippen LogP contribution in [0, 0.1) is 0 Å². The van der Waals surface area contributed by atoms with Crippen molar-refractivity contribution in [2.45, 2.75) is 52.3 Å². The SMILES string of the molecule is CCCN(CCC)C(=O)C1=Cc2ccc(C(=O)Nc3ccc4c(c3)CNCC4)cc2N=C(N)C1.O=C(O)C(F)(F)F. The highest BCUT2D eigenvalue weighted by molar-refractivity contribution is 6.08. The van der Waals surface area contributed by atoms with Crippen LogP contribution in [0.25, 0.3) is 6.08 Å². The summed E-state index contributed by atoms with van der Waals surface area (Å²) in [6.07, 6.45) is -0.128. The second-order valence-electron chi connectivity index (χ2n) is 9.68. The van der Waals surface area contributed by atoms with E-state index in [-0.39, 0.29) is 11.8 Å². The maximum atomic E-state index is 13.1. The van der Waals surface area contributed by atoms with E-state index in [9.17, 15) is 22.8 Å². The molecule has 5 N–H and O–H groups in total. The number of nitrogens with zero attached hydrogens (tertiary/aromatic N) is 2. The molecule has 2 aromatic rings. The average molecular weight is 574 g/mol. The minimum atomic E-state index is -5.08. The fourth-order valence-electron chi connectivity index (χ4n) is 4.49. The molecule has 12 heteroatoms. The average Bonchev–Trinajstić information content (AvgIpc) is 3.09. The van der Waals surface area contributed by atoms with Crippen molar-refractivity contribution >= 4 is 41.1 Å². The number of aliphatic imine (C=N–C) groups is 1. The fraction of sp³-hybridized carbons (Fsp3) is 0.379. The van der Waals surface area contributed by atoms with Crippen LogP contribution >= 0.6 is 0 Å². The lowest BCUT2D eigenvalue weighted by Crippen LogP contribution is -2.34. The number of alkyl halides is 3. The van der Waals surface area contributed by atoms with E-state index in [0.717, 1.165) is 43.6 Å². The number of benzene rings is 2. The van der Waals surface area contributed by atoms with Gasteiger partial charge in [0.1, 0.15) is 5.84 Å². The van der Waals surface area contributed by atoms with E-state index in [1.54, 1.807) is 12.1 Å². The number of amides is 2. The predicted octanol–water partition coefficient (Wildman–Crippen LogP) is 4.64. The van der Waals surface area contributed by atoms with Crippen molar-refractivity contribution in [3.63, 3.8) is 0 Å². The van der Waals surface area contributed by atoms with Gasteiger partial charge in [0.25, 0.3) is 5.91 Å². The van der Waals surface area contributed by atoms with Crippen LogP contribution in [0.3, 0.4) is 0 Å². The third-order valence-corrected chi connectivity index (χ3v) is 6.40. The number of aliphatic carboxylic acids is 1. The maximum Gasteiger partial charge on any atom is 0.490 e. The zero-order valence-electron chi connectivity index (χ0n) is 23.0. The quantitative estimate of drug-likeness (QED) is 0.381. The molecule has 0 bridgehead atoms. The van der Waals surface area contributed by atoms with E-state index in [4.69, 9.17) is 15.6 Å². The van der Waals surface area contributed by atoms with Gasteiger partial charge in [-0.1, -0.05) is 26.0 Å². The van der Waals surface area contributed by atoms with Crippen molar-refractivity contribution in [3.8, 4) is 0 Å². The van der Waals surface area contributed by atoms with Crippen LogP contribution < -0.4 is 16.4 Å². The molecule has 41 heavy (non-hydrogen) atoms. The minimum Gasteiger partial charge on any atom is -0.475 e. The zero-order chi connectivity index (χ0) is 30.2. The van der Waals surface area contributed by atoms with Crippen molar-refractivity contribution < 1.29 is 32.7 Å². The Morgan fingerprint density at radius 3 is 2.39 bits per heavy atom. The molecule has 4 rings (SSSR count). The zero-order valence-corrected chi connectivity index (χ0v) is 23.0. The number of halogens is 3. The molecule has 0 radical (unpaired) electrons. The molecule has 2 amide bonds. The molecule has 9 nitrogen and oxygen atoms in total. The number of nitrogens with one attached hydrogen (secondary N) is 2. The number of carbonyl (C=O) groups excluding carboxylic acids is 2. The van der Waals surface area contributed by atoms with Crippen molar-refractivity contribution in [1.29, 1.82) is 0 Å². The molecule has 2 aliphatic heterocycles. The molecule has 2 heterocycles. The lowest BCUT2D eigenvalue weighted by atomic mass is 10.0. The monoisotopic (exact) mass is 573 g/mol. The van der Waals surface area contributed by atoms with E-state index < -0.39 is 12.1 Å². The van der Waals surface area contributed by atoms with E-state index >= 15 is 0 Å². The number of nitrogens with two attached hydrogens (primary N) is 1. The van der Waals surface area contributed by atoms with Gasteiger partial charge in [-0.3, -0.25) is 9.59 Å². The second-order valence-corrected chi connectivity index (χ2v) is 9.68. The third kappa shape index (κ3) is 8.65. The van der Waals surface area contributed by atoms with Gasteiger partial charge < -0.3 is 26.4 Å². The fourth-order valence-corrected chi connectivity index (χ4v) is 4.49. The third-order valence-electron chi connectivity index (χ3n) is 6.40. The number of anilines is 1. The van der Waals surface area contributed by atoms with Gasteiger partial charge in [0.2, 0.25) is 5.91 Å². The molecule has 0 unspecified atom stereocenters. The number of carbonyl (C=O) groups is 3. The van der Waals surface area contributed by atoms with E-state index in [1.165, 1.54) is 11.1 Å². The Bertz CT molecular complexity index is 1350. The molecule has 0 aliphatic carbocycles. The lowest BCUT2D eigenvalue weighted by Gasteiger charge is -2.22. The van der Waals surface area contributed by atoms with Crippen LogP contribution in [-0.4, -0.2) is 59.4 Å². The summed E-state index contributed by atoms with van der Waals surface area (Å²) in [5.41, 5.74) is 12.0. The Morgan fingerprint density at radius 1 is 1.07 bits per heavy atom. The van der Waals surface area contributed by atoms with E-state index in [0.29, 0.717) is 42.2 Å². The van der Waals surface area contributed by atoms with Gasteiger partial charge >= 0.3 is 12.1 Å². The highest BCUT2D eigenvalue weighted by Gasteiger charge is 2.38. The first-order valence-corrected chi connectivity index (χ1v) is 13.3. The Kier molecular flexibility index (Phi) is 10.6. The molecule has 220 valence electrons. The summed E-state index contributed by atoms with van der Waals surface area (Å²) >= 11 is 0.